The first-order valence-electron chi connectivity index (χ1n) is 8.19. The highest BCUT2D eigenvalue weighted by Crippen LogP contribution is 2.53. The molecular formula is C16H26ClN3. The number of fused-ring (bicyclic) bond motifs is 2. The maximum absolute atomic E-state index is 6.47. The number of rotatable bonds is 6. The zero-order valence-electron chi connectivity index (χ0n) is 12.6. The zero-order chi connectivity index (χ0) is 14.1. The summed E-state index contributed by atoms with van der Waals surface area (Å²) in [6.07, 6.45) is 8.59. The predicted octanol–water partition coefficient (Wildman–Crippen LogP) is 4.03. The van der Waals surface area contributed by atoms with E-state index in [1.165, 1.54) is 31.4 Å². The van der Waals surface area contributed by atoms with Crippen molar-refractivity contribution in [3.63, 3.8) is 0 Å². The van der Waals surface area contributed by atoms with Crippen LogP contribution in [0.4, 0.5) is 0 Å². The Labute approximate surface area is 127 Å². The lowest BCUT2D eigenvalue weighted by Crippen LogP contribution is -2.33. The summed E-state index contributed by atoms with van der Waals surface area (Å²) in [5.74, 6) is 2.61. The molecule has 0 aromatic carbocycles. The first-order chi connectivity index (χ1) is 9.74. The number of aryl methyl sites for hydroxylation is 1. The molecule has 0 aliphatic heterocycles. The second-order valence-corrected chi connectivity index (χ2v) is 6.88. The largest absolute Gasteiger partial charge is 0.309 e. The van der Waals surface area contributed by atoms with Gasteiger partial charge in [-0.1, -0.05) is 31.9 Å². The Hall–Kier alpha value is -0.540. The fourth-order valence-electron chi connectivity index (χ4n) is 4.44. The van der Waals surface area contributed by atoms with Gasteiger partial charge >= 0.3 is 0 Å². The van der Waals surface area contributed by atoms with Crippen LogP contribution in [0, 0.1) is 17.8 Å². The van der Waals surface area contributed by atoms with E-state index in [9.17, 15) is 0 Å². The van der Waals surface area contributed by atoms with Crippen LogP contribution in [0.15, 0.2) is 6.20 Å². The first kappa shape index (κ1) is 14.4. The lowest BCUT2D eigenvalue weighted by atomic mass is 9.82. The first-order valence-corrected chi connectivity index (χ1v) is 8.56. The smallest absolute Gasteiger partial charge is 0.0834 e. The molecule has 2 aliphatic carbocycles. The van der Waals surface area contributed by atoms with Crippen LogP contribution in [0.5, 0.6) is 0 Å². The van der Waals surface area contributed by atoms with E-state index < -0.39 is 0 Å². The molecule has 2 saturated carbocycles. The van der Waals surface area contributed by atoms with Crippen molar-refractivity contribution in [2.45, 2.75) is 58.5 Å². The Balaban J connectivity index is 1.88. The van der Waals surface area contributed by atoms with E-state index in [0.717, 1.165) is 42.3 Å². The Bertz CT molecular complexity index is 457. The van der Waals surface area contributed by atoms with Gasteiger partial charge in [0, 0.05) is 6.54 Å². The lowest BCUT2D eigenvalue weighted by molar-refractivity contribution is 0.243. The van der Waals surface area contributed by atoms with Crippen molar-refractivity contribution >= 4 is 11.6 Å². The second kappa shape index (κ2) is 6.07. The third-order valence-corrected chi connectivity index (χ3v) is 5.50. The highest BCUT2D eigenvalue weighted by atomic mass is 35.5. The van der Waals surface area contributed by atoms with Gasteiger partial charge in [0.1, 0.15) is 0 Å². The lowest BCUT2D eigenvalue weighted by Gasteiger charge is -2.32. The van der Waals surface area contributed by atoms with Crippen LogP contribution in [-0.2, 0) is 6.54 Å². The summed E-state index contributed by atoms with van der Waals surface area (Å²) in [7, 11) is 0. The van der Waals surface area contributed by atoms with E-state index in [2.05, 4.69) is 28.9 Å². The molecule has 4 heteroatoms. The molecule has 3 nitrogen and oxygen atoms in total. The van der Waals surface area contributed by atoms with Crippen LogP contribution in [0.3, 0.4) is 0 Å². The molecule has 1 aromatic rings. The molecule has 4 atom stereocenters. The van der Waals surface area contributed by atoms with Crippen LogP contribution < -0.4 is 5.32 Å². The quantitative estimate of drug-likeness (QED) is 0.858. The summed E-state index contributed by atoms with van der Waals surface area (Å²) in [4.78, 5) is 0. The van der Waals surface area contributed by atoms with E-state index in [4.69, 9.17) is 11.6 Å². The van der Waals surface area contributed by atoms with Gasteiger partial charge in [-0.3, -0.25) is 4.68 Å². The molecule has 2 bridgehead atoms. The number of hydrogen-bond donors (Lipinski definition) is 1. The summed E-state index contributed by atoms with van der Waals surface area (Å²) in [6, 6.07) is 0.386. The third kappa shape index (κ3) is 2.50. The molecule has 1 N–H and O–H groups in total. The molecular weight excluding hydrogens is 270 g/mol. The molecule has 20 heavy (non-hydrogen) atoms. The van der Waals surface area contributed by atoms with E-state index >= 15 is 0 Å². The fourth-order valence-corrected chi connectivity index (χ4v) is 4.70. The molecule has 0 saturated heterocycles. The molecule has 4 unspecified atom stereocenters. The summed E-state index contributed by atoms with van der Waals surface area (Å²) in [6.45, 7) is 6.34. The van der Waals surface area contributed by atoms with Gasteiger partial charge < -0.3 is 5.32 Å². The average Bonchev–Trinajstić information content (AvgIpc) is 3.13. The van der Waals surface area contributed by atoms with Gasteiger partial charge in [0.05, 0.1) is 23.0 Å². The SMILES string of the molecule is CCCn1ncc(Cl)c1C(NCC)C1CC2CCC1C2. The van der Waals surface area contributed by atoms with Crippen LogP contribution in [0.1, 0.15) is 57.7 Å². The molecule has 1 aromatic heterocycles. The van der Waals surface area contributed by atoms with E-state index in [-0.39, 0.29) is 0 Å². The van der Waals surface area contributed by atoms with Gasteiger partial charge in [-0.05, 0) is 50.0 Å². The van der Waals surface area contributed by atoms with E-state index in [1.807, 2.05) is 6.20 Å². The summed E-state index contributed by atoms with van der Waals surface area (Å²) in [5.41, 5.74) is 1.23. The van der Waals surface area contributed by atoms with Crippen molar-refractivity contribution in [1.29, 1.82) is 0 Å². The Morgan fingerprint density at radius 2 is 2.25 bits per heavy atom. The molecule has 1 heterocycles. The van der Waals surface area contributed by atoms with Crippen molar-refractivity contribution in [2.24, 2.45) is 17.8 Å². The molecule has 0 amide bonds. The van der Waals surface area contributed by atoms with Crippen molar-refractivity contribution in [3.8, 4) is 0 Å². The molecule has 0 spiro atoms. The van der Waals surface area contributed by atoms with Gasteiger partial charge in [0.2, 0.25) is 0 Å². The van der Waals surface area contributed by atoms with E-state index in [1.54, 1.807) is 0 Å². The van der Waals surface area contributed by atoms with E-state index in [0.29, 0.717) is 6.04 Å². The third-order valence-electron chi connectivity index (χ3n) is 5.21. The van der Waals surface area contributed by atoms with Crippen molar-refractivity contribution in [1.82, 2.24) is 15.1 Å². The average molecular weight is 296 g/mol. The molecule has 0 radical (unpaired) electrons. The van der Waals surface area contributed by atoms with Gasteiger partial charge in [0.25, 0.3) is 0 Å². The minimum absolute atomic E-state index is 0.386. The molecule has 2 aliphatic rings. The summed E-state index contributed by atoms with van der Waals surface area (Å²) < 4.78 is 2.13. The Morgan fingerprint density at radius 1 is 1.40 bits per heavy atom. The highest BCUT2D eigenvalue weighted by molar-refractivity contribution is 6.31. The van der Waals surface area contributed by atoms with Gasteiger partial charge in [-0.25, -0.2) is 0 Å². The van der Waals surface area contributed by atoms with Crippen LogP contribution in [0.25, 0.3) is 0 Å². The standard InChI is InChI=1S/C16H26ClN3/c1-3-7-20-16(14(17)10-19-20)15(18-4-2)13-9-11-5-6-12(13)8-11/h10-13,15,18H,3-9H2,1-2H3. The monoisotopic (exact) mass is 295 g/mol. The minimum Gasteiger partial charge on any atom is -0.309 e. The fraction of sp³-hybridized carbons (Fsp3) is 0.812. The summed E-state index contributed by atoms with van der Waals surface area (Å²) >= 11 is 6.47. The number of hydrogen-bond acceptors (Lipinski definition) is 2. The van der Waals surface area contributed by atoms with Crippen LogP contribution >= 0.6 is 11.6 Å². The van der Waals surface area contributed by atoms with Crippen LogP contribution in [-0.4, -0.2) is 16.3 Å². The highest BCUT2D eigenvalue weighted by Gasteiger charge is 2.44. The normalized spacial score (nSPS) is 30.1. The minimum atomic E-state index is 0.386. The van der Waals surface area contributed by atoms with Gasteiger partial charge in [-0.2, -0.15) is 5.10 Å². The van der Waals surface area contributed by atoms with Crippen molar-refractivity contribution in [2.75, 3.05) is 6.54 Å². The number of aromatic nitrogens is 2. The number of halogens is 1. The van der Waals surface area contributed by atoms with Crippen LogP contribution in [0.2, 0.25) is 5.02 Å². The molecule has 112 valence electrons. The Kier molecular flexibility index (Phi) is 4.37. The number of nitrogens with zero attached hydrogens (tertiary/aromatic N) is 2. The number of nitrogens with one attached hydrogen (secondary N) is 1. The maximum atomic E-state index is 6.47. The zero-order valence-corrected chi connectivity index (χ0v) is 13.4. The van der Waals surface area contributed by atoms with Crippen molar-refractivity contribution in [3.05, 3.63) is 16.9 Å². The van der Waals surface area contributed by atoms with Crippen molar-refractivity contribution < 1.29 is 0 Å². The predicted molar refractivity (Wildman–Crippen MR) is 82.9 cm³/mol. The maximum Gasteiger partial charge on any atom is 0.0834 e. The Morgan fingerprint density at radius 3 is 2.85 bits per heavy atom. The topological polar surface area (TPSA) is 29.9 Å². The second-order valence-electron chi connectivity index (χ2n) is 6.47. The molecule has 2 fully saturated rings. The molecule has 3 rings (SSSR count). The summed E-state index contributed by atoms with van der Waals surface area (Å²) in [5, 5.41) is 9.03. The van der Waals surface area contributed by atoms with Gasteiger partial charge in [-0.15, -0.1) is 0 Å². The van der Waals surface area contributed by atoms with Gasteiger partial charge in [0.15, 0.2) is 0 Å².